The summed E-state index contributed by atoms with van der Waals surface area (Å²) >= 11 is 6.27. The predicted molar refractivity (Wildman–Crippen MR) is 137 cm³/mol. The van der Waals surface area contributed by atoms with E-state index in [0.29, 0.717) is 36.0 Å². The van der Waals surface area contributed by atoms with Crippen LogP contribution in [0.4, 0.5) is 4.39 Å². The Balaban J connectivity index is 1.23. The second-order valence-electron chi connectivity index (χ2n) is 10.3. The van der Waals surface area contributed by atoms with Crippen LogP contribution in [0.25, 0.3) is 0 Å². The van der Waals surface area contributed by atoms with Crippen molar-refractivity contribution in [1.82, 2.24) is 14.8 Å². The fraction of sp³-hybridized carbons (Fsp3) is 0.464. The molecule has 1 fully saturated rings. The number of hydrogen-bond donors (Lipinski definition) is 0. The van der Waals surface area contributed by atoms with Crippen molar-refractivity contribution < 1.29 is 9.18 Å². The van der Waals surface area contributed by atoms with Crippen molar-refractivity contribution in [3.05, 3.63) is 75.3 Å². The Kier molecular flexibility index (Phi) is 7.03. The SMILES string of the molecule is Cc1cc(C2=NCC3=C2CN(C(=O)CC2CC(C)CN(Cc4c(F)cccc4Cl)C2)CC3)ccn1. The van der Waals surface area contributed by atoms with Crippen molar-refractivity contribution in [2.24, 2.45) is 16.8 Å². The first-order chi connectivity index (χ1) is 16.9. The number of hydrogen-bond acceptors (Lipinski definition) is 4. The molecular formula is C28H32ClFN4O. The highest BCUT2D eigenvalue weighted by molar-refractivity contribution is 6.31. The minimum atomic E-state index is -0.265. The first kappa shape index (κ1) is 24.1. The van der Waals surface area contributed by atoms with Crippen molar-refractivity contribution in [3.63, 3.8) is 0 Å². The molecule has 2 unspecified atom stereocenters. The summed E-state index contributed by atoms with van der Waals surface area (Å²) in [5.74, 6) is 0.647. The van der Waals surface area contributed by atoms with Gasteiger partial charge in [0.05, 0.1) is 12.3 Å². The molecule has 1 aromatic heterocycles. The number of aryl methyl sites for hydroxylation is 1. The Morgan fingerprint density at radius 3 is 2.91 bits per heavy atom. The molecule has 5 rings (SSSR count). The third-order valence-corrected chi connectivity index (χ3v) is 7.78. The van der Waals surface area contributed by atoms with Gasteiger partial charge in [0.2, 0.25) is 5.91 Å². The maximum absolute atomic E-state index is 14.3. The van der Waals surface area contributed by atoms with Crippen LogP contribution in [0.15, 0.2) is 52.7 Å². The van der Waals surface area contributed by atoms with Crippen molar-refractivity contribution in [3.8, 4) is 0 Å². The topological polar surface area (TPSA) is 48.8 Å². The van der Waals surface area contributed by atoms with Crippen molar-refractivity contribution in [2.75, 3.05) is 32.7 Å². The number of piperidine rings is 1. The summed E-state index contributed by atoms with van der Waals surface area (Å²) in [5.41, 5.74) is 6.18. The van der Waals surface area contributed by atoms with Crippen molar-refractivity contribution in [1.29, 1.82) is 0 Å². The number of amides is 1. The molecule has 184 valence electrons. The number of pyridine rings is 1. The van der Waals surface area contributed by atoms with E-state index in [2.05, 4.69) is 22.9 Å². The van der Waals surface area contributed by atoms with Crippen molar-refractivity contribution >= 4 is 23.2 Å². The van der Waals surface area contributed by atoms with Crippen LogP contribution >= 0.6 is 11.6 Å². The number of carbonyl (C=O) groups is 1. The number of aromatic nitrogens is 1. The fourth-order valence-corrected chi connectivity index (χ4v) is 6.04. The van der Waals surface area contributed by atoms with E-state index < -0.39 is 0 Å². The molecule has 0 aliphatic carbocycles. The normalized spacial score (nSPS) is 22.9. The molecule has 0 spiro atoms. The summed E-state index contributed by atoms with van der Waals surface area (Å²) < 4.78 is 14.3. The van der Waals surface area contributed by atoms with E-state index >= 15 is 0 Å². The van der Waals surface area contributed by atoms with Gasteiger partial charge in [-0.25, -0.2) is 4.39 Å². The summed E-state index contributed by atoms with van der Waals surface area (Å²) in [7, 11) is 0. The number of likely N-dealkylation sites (tertiary alicyclic amines) is 1. The van der Waals surface area contributed by atoms with E-state index in [-0.39, 0.29) is 17.6 Å². The van der Waals surface area contributed by atoms with E-state index in [1.165, 1.54) is 17.2 Å². The second kappa shape index (κ2) is 10.2. The summed E-state index contributed by atoms with van der Waals surface area (Å²) in [6.45, 7) is 8.47. The van der Waals surface area contributed by atoms with E-state index in [4.69, 9.17) is 16.6 Å². The summed E-state index contributed by atoms with van der Waals surface area (Å²) in [5, 5.41) is 0.465. The molecule has 3 aliphatic rings. The predicted octanol–water partition coefficient (Wildman–Crippen LogP) is 5.06. The van der Waals surface area contributed by atoms with Gasteiger partial charge in [-0.1, -0.05) is 24.6 Å². The number of aliphatic imine (C=N–C) groups is 1. The Bertz CT molecular complexity index is 1170. The van der Waals surface area contributed by atoms with Crippen LogP contribution in [-0.4, -0.2) is 59.1 Å². The molecule has 0 N–H and O–H groups in total. The minimum Gasteiger partial charge on any atom is -0.338 e. The largest absolute Gasteiger partial charge is 0.338 e. The zero-order chi connectivity index (χ0) is 24.5. The number of halogens is 2. The lowest BCUT2D eigenvalue weighted by molar-refractivity contribution is -0.132. The van der Waals surface area contributed by atoms with Gasteiger partial charge in [-0.05, 0) is 67.0 Å². The third-order valence-electron chi connectivity index (χ3n) is 7.42. The minimum absolute atomic E-state index is 0.205. The Morgan fingerprint density at radius 2 is 2.11 bits per heavy atom. The summed E-state index contributed by atoms with van der Waals surface area (Å²) in [6, 6.07) is 8.90. The van der Waals surface area contributed by atoms with Gasteiger partial charge in [0.1, 0.15) is 5.82 Å². The van der Waals surface area contributed by atoms with Crippen LogP contribution in [0.5, 0.6) is 0 Å². The average Bonchev–Trinajstić information content (AvgIpc) is 3.24. The zero-order valence-corrected chi connectivity index (χ0v) is 21.2. The Hall–Kier alpha value is -2.57. The van der Waals surface area contributed by atoms with Crippen LogP contribution in [0.1, 0.15) is 43.0 Å². The highest BCUT2D eigenvalue weighted by Gasteiger charge is 2.32. The van der Waals surface area contributed by atoms with Gasteiger partial charge in [0.15, 0.2) is 0 Å². The molecule has 4 heterocycles. The molecule has 1 saturated heterocycles. The first-order valence-electron chi connectivity index (χ1n) is 12.5. The van der Waals surface area contributed by atoms with Gasteiger partial charge in [0.25, 0.3) is 0 Å². The van der Waals surface area contributed by atoms with Crippen LogP contribution in [-0.2, 0) is 11.3 Å². The van der Waals surface area contributed by atoms with Crippen LogP contribution < -0.4 is 0 Å². The van der Waals surface area contributed by atoms with E-state index in [9.17, 15) is 9.18 Å². The molecule has 1 aromatic carbocycles. The van der Waals surface area contributed by atoms with Crippen LogP contribution in [0.3, 0.4) is 0 Å². The summed E-state index contributed by atoms with van der Waals surface area (Å²) in [6.07, 6.45) is 4.24. The molecule has 2 atom stereocenters. The summed E-state index contributed by atoms with van der Waals surface area (Å²) in [4.78, 5) is 26.7. The maximum atomic E-state index is 14.3. The molecule has 35 heavy (non-hydrogen) atoms. The Labute approximate surface area is 211 Å². The highest BCUT2D eigenvalue weighted by atomic mass is 35.5. The second-order valence-corrected chi connectivity index (χ2v) is 10.7. The van der Waals surface area contributed by atoms with Gasteiger partial charge in [-0.3, -0.25) is 19.7 Å². The van der Waals surface area contributed by atoms with Gasteiger partial charge in [-0.2, -0.15) is 0 Å². The molecule has 5 nitrogen and oxygen atoms in total. The number of nitrogens with zero attached hydrogens (tertiary/aromatic N) is 4. The molecule has 0 radical (unpaired) electrons. The average molecular weight is 495 g/mol. The fourth-order valence-electron chi connectivity index (χ4n) is 5.82. The molecule has 0 saturated carbocycles. The smallest absolute Gasteiger partial charge is 0.223 e. The highest BCUT2D eigenvalue weighted by Crippen LogP contribution is 2.31. The van der Waals surface area contributed by atoms with E-state index in [1.54, 1.807) is 12.1 Å². The zero-order valence-electron chi connectivity index (χ0n) is 20.4. The lowest BCUT2D eigenvalue weighted by Crippen LogP contribution is -2.43. The van der Waals surface area contributed by atoms with Crippen molar-refractivity contribution in [2.45, 2.75) is 39.7 Å². The van der Waals surface area contributed by atoms with Gasteiger partial charge < -0.3 is 4.90 Å². The molecule has 7 heteroatoms. The molecule has 2 aromatic rings. The van der Waals surface area contributed by atoms with E-state index in [0.717, 1.165) is 56.0 Å². The van der Waals surface area contributed by atoms with Crippen LogP contribution in [0, 0.1) is 24.6 Å². The monoisotopic (exact) mass is 494 g/mol. The third kappa shape index (κ3) is 5.34. The Morgan fingerprint density at radius 1 is 1.26 bits per heavy atom. The number of rotatable bonds is 5. The van der Waals surface area contributed by atoms with E-state index in [1.807, 2.05) is 24.1 Å². The lowest BCUT2D eigenvalue weighted by Gasteiger charge is -2.37. The quantitative estimate of drug-likeness (QED) is 0.583. The molecule has 1 amide bonds. The number of carbonyl (C=O) groups excluding carboxylic acids is 1. The molecule has 3 aliphatic heterocycles. The number of benzene rings is 1. The van der Waals surface area contributed by atoms with Gasteiger partial charge in [-0.15, -0.1) is 0 Å². The maximum Gasteiger partial charge on any atom is 0.223 e. The molecule has 0 bridgehead atoms. The van der Waals surface area contributed by atoms with Gasteiger partial charge in [0, 0.05) is 67.2 Å². The standard InChI is InChI=1S/C28H32ClFN4O/c1-18-10-20(15-33(14-18)16-24-25(29)4-3-5-26(24)30)12-27(35)34-9-7-22-13-32-28(23(22)17-34)21-6-8-31-19(2)11-21/h3-6,8,11,18,20H,7,9-10,12-17H2,1-2H3. The molecular weight excluding hydrogens is 463 g/mol. The lowest BCUT2D eigenvalue weighted by atomic mass is 9.87. The van der Waals surface area contributed by atoms with Crippen LogP contribution in [0.2, 0.25) is 5.02 Å². The van der Waals surface area contributed by atoms with Gasteiger partial charge >= 0.3 is 0 Å². The first-order valence-corrected chi connectivity index (χ1v) is 12.9.